The van der Waals surface area contributed by atoms with Gasteiger partial charge >= 0.3 is 12.1 Å². The van der Waals surface area contributed by atoms with Gasteiger partial charge in [-0.05, 0) is 37.1 Å². The van der Waals surface area contributed by atoms with Crippen molar-refractivity contribution in [3.8, 4) is 22.5 Å². The van der Waals surface area contributed by atoms with Crippen molar-refractivity contribution in [1.82, 2.24) is 5.16 Å². The van der Waals surface area contributed by atoms with E-state index in [1.807, 2.05) is 24.3 Å². The molecule has 0 spiro atoms. The SMILES string of the molecule is Cc1noc(-c2ccc(-c3ccc(CC(=O)O)cc3)c(Cl)c2)c1NC(=O)O[C@H](C)c1ccccc1Cl. The van der Waals surface area contributed by atoms with E-state index in [0.29, 0.717) is 43.9 Å². The average Bonchev–Trinajstić information content (AvgIpc) is 3.19. The lowest BCUT2D eigenvalue weighted by atomic mass is 10.0. The van der Waals surface area contributed by atoms with Crippen LogP contribution in [0.3, 0.4) is 0 Å². The molecule has 0 fully saturated rings. The van der Waals surface area contributed by atoms with Crippen molar-refractivity contribution in [2.24, 2.45) is 0 Å². The maximum absolute atomic E-state index is 12.6. The van der Waals surface area contributed by atoms with E-state index in [1.165, 1.54) is 0 Å². The van der Waals surface area contributed by atoms with Crippen LogP contribution >= 0.6 is 23.2 Å². The predicted octanol–water partition coefficient (Wildman–Crippen LogP) is 7.56. The van der Waals surface area contributed by atoms with E-state index in [-0.39, 0.29) is 6.42 Å². The summed E-state index contributed by atoms with van der Waals surface area (Å²) in [6, 6.07) is 19.6. The van der Waals surface area contributed by atoms with E-state index in [0.717, 1.165) is 11.1 Å². The van der Waals surface area contributed by atoms with Crippen molar-refractivity contribution in [1.29, 1.82) is 0 Å². The van der Waals surface area contributed by atoms with Gasteiger partial charge in [0.2, 0.25) is 0 Å². The predicted molar refractivity (Wildman–Crippen MR) is 138 cm³/mol. The molecule has 0 bridgehead atoms. The van der Waals surface area contributed by atoms with Gasteiger partial charge < -0.3 is 14.4 Å². The number of ether oxygens (including phenoxy) is 1. The van der Waals surface area contributed by atoms with E-state index in [9.17, 15) is 9.59 Å². The molecule has 2 N–H and O–H groups in total. The quantitative estimate of drug-likeness (QED) is 0.258. The fraction of sp³-hybridized carbons (Fsp3) is 0.148. The Hall–Kier alpha value is -3.81. The number of aryl methyl sites for hydroxylation is 1. The second-order valence-corrected chi connectivity index (χ2v) is 8.94. The molecule has 1 heterocycles. The molecule has 4 aromatic rings. The topological polar surface area (TPSA) is 102 Å². The first kappa shape index (κ1) is 25.3. The summed E-state index contributed by atoms with van der Waals surface area (Å²) in [5.41, 5.74) is 4.44. The zero-order valence-electron chi connectivity index (χ0n) is 19.4. The third kappa shape index (κ3) is 5.70. The molecule has 0 aliphatic carbocycles. The van der Waals surface area contributed by atoms with Crippen molar-refractivity contribution in [2.75, 3.05) is 5.32 Å². The standard InChI is InChI=1S/C27H22Cl2N2O5/c1-15-25(30-27(34)35-16(2)20-5-3-4-6-22(20)28)26(36-31-15)19-11-12-21(23(29)14-19)18-9-7-17(8-10-18)13-24(32)33/h3-12,14,16H,13H2,1-2H3,(H,30,34)(H,32,33)/t16-/m1/s1. The number of halogens is 2. The molecule has 7 nitrogen and oxygen atoms in total. The third-order valence-corrected chi connectivity index (χ3v) is 6.23. The Morgan fingerprint density at radius 3 is 2.39 bits per heavy atom. The van der Waals surface area contributed by atoms with Gasteiger partial charge in [-0.25, -0.2) is 4.79 Å². The van der Waals surface area contributed by atoms with Gasteiger partial charge in [0.25, 0.3) is 0 Å². The zero-order chi connectivity index (χ0) is 25.8. The highest BCUT2D eigenvalue weighted by Crippen LogP contribution is 2.37. The molecule has 0 aliphatic heterocycles. The van der Waals surface area contributed by atoms with E-state index >= 15 is 0 Å². The summed E-state index contributed by atoms with van der Waals surface area (Å²) in [5, 5.41) is 16.6. The minimum Gasteiger partial charge on any atom is -0.481 e. The van der Waals surface area contributed by atoms with Crippen molar-refractivity contribution in [3.63, 3.8) is 0 Å². The van der Waals surface area contributed by atoms with Crippen LogP contribution in [0.5, 0.6) is 0 Å². The Morgan fingerprint density at radius 1 is 1.03 bits per heavy atom. The van der Waals surface area contributed by atoms with Crippen LogP contribution in [0.4, 0.5) is 10.5 Å². The van der Waals surface area contributed by atoms with Gasteiger partial charge in [-0.15, -0.1) is 0 Å². The van der Waals surface area contributed by atoms with Crippen molar-refractivity contribution < 1.29 is 24.0 Å². The Balaban J connectivity index is 1.53. The van der Waals surface area contributed by atoms with Crippen LogP contribution < -0.4 is 5.32 Å². The van der Waals surface area contributed by atoms with Crippen LogP contribution in [0, 0.1) is 6.92 Å². The number of hydrogen-bond acceptors (Lipinski definition) is 5. The number of carbonyl (C=O) groups excluding carboxylic acids is 1. The van der Waals surface area contributed by atoms with E-state index in [4.69, 9.17) is 37.6 Å². The number of amides is 1. The van der Waals surface area contributed by atoms with Gasteiger partial charge in [0, 0.05) is 26.7 Å². The molecule has 9 heteroatoms. The number of carbonyl (C=O) groups is 2. The van der Waals surface area contributed by atoms with Crippen LogP contribution in [0.2, 0.25) is 10.0 Å². The summed E-state index contributed by atoms with van der Waals surface area (Å²) < 4.78 is 11.0. The molecular weight excluding hydrogens is 503 g/mol. The van der Waals surface area contributed by atoms with Crippen LogP contribution in [0.25, 0.3) is 22.5 Å². The summed E-state index contributed by atoms with van der Waals surface area (Å²) in [7, 11) is 0. The number of aromatic nitrogens is 1. The molecule has 4 rings (SSSR count). The van der Waals surface area contributed by atoms with Crippen LogP contribution in [0.1, 0.15) is 29.8 Å². The van der Waals surface area contributed by atoms with Gasteiger partial charge in [-0.1, -0.05) is 83.0 Å². The summed E-state index contributed by atoms with van der Waals surface area (Å²) in [6.45, 7) is 3.43. The molecule has 184 valence electrons. The monoisotopic (exact) mass is 524 g/mol. The largest absolute Gasteiger partial charge is 0.481 e. The van der Waals surface area contributed by atoms with Crippen LogP contribution in [-0.2, 0) is 16.0 Å². The highest BCUT2D eigenvalue weighted by Gasteiger charge is 2.21. The number of anilines is 1. The second kappa shape index (κ2) is 10.8. The number of rotatable bonds is 7. The van der Waals surface area contributed by atoms with Gasteiger partial charge in [-0.3, -0.25) is 10.1 Å². The van der Waals surface area contributed by atoms with E-state index in [1.54, 1.807) is 56.3 Å². The number of carboxylic acids is 1. The number of aliphatic carboxylic acids is 1. The Morgan fingerprint density at radius 2 is 1.72 bits per heavy atom. The number of hydrogen-bond donors (Lipinski definition) is 2. The molecular formula is C27H22Cl2N2O5. The van der Waals surface area contributed by atoms with Gasteiger partial charge in [0.15, 0.2) is 5.76 Å². The molecule has 0 aliphatic rings. The molecule has 36 heavy (non-hydrogen) atoms. The second-order valence-electron chi connectivity index (χ2n) is 8.13. The van der Waals surface area contributed by atoms with Crippen LogP contribution in [-0.4, -0.2) is 22.3 Å². The Labute approximate surface area is 217 Å². The summed E-state index contributed by atoms with van der Waals surface area (Å²) in [5.74, 6) is -0.556. The highest BCUT2D eigenvalue weighted by atomic mass is 35.5. The molecule has 1 amide bonds. The smallest absolute Gasteiger partial charge is 0.412 e. The van der Waals surface area contributed by atoms with Crippen molar-refractivity contribution >= 4 is 41.0 Å². The van der Waals surface area contributed by atoms with Crippen molar-refractivity contribution in [2.45, 2.75) is 26.4 Å². The minimum atomic E-state index is -0.890. The fourth-order valence-electron chi connectivity index (χ4n) is 3.74. The van der Waals surface area contributed by atoms with Gasteiger partial charge in [0.05, 0.1) is 6.42 Å². The summed E-state index contributed by atoms with van der Waals surface area (Å²) in [4.78, 5) is 23.5. The first-order chi connectivity index (χ1) is 17.2. The first-order valence-electron chi connectivity index (χ1n) is 11.0. The summed E-state index contributed by atoms with van der Waals surface area (Å²) >= 11 is 12.8. The number of carboxylic acid groups (broad SMARTS) is 1. The Bertz CT molecular complexity index is 1420. The Kier molecular flexibility index (Phi) is 7.62. The molecule has 1 atom stereocenters. The van der Waals surface area contributed by atoms with Crippen LogP contribution in [0.15, 0.2) is 71.3 Å². The maximum atomic E-state index is 12.6. The van der Waals surface area contributed by atoms with E-state index < -0.39 is 18.2 Å². The number of nitrogens with zero attached hydrogens (tertiary/aromatic N) is 1. The van der Waals surface area contributed by atoms with Gasteiger partial charge in [-0.2, -0.15) is 0 Å². The minimum absolute atomic E-state index is 0.0484. The molecule has 3 aromatic carbocycles. The highest BCUT2D eigenvalue weighted by molar-refractivity contribution is 6.33. The zero-order valence-corrected chi connectivity index (χ0v) is 20.9. The molecule has 0 saturated carbocycles. The summed E-state index contributed by atoms with van der Waals surface area (Å²) in [6.07, 6.45) is -1.30. The number of benzene rings is 3. The van der Waals surface area contributed by atoms with E-state index in [2.05, 4.69) is 10.5 Å². The van der Waals surface area contributed by atoms with Gasteiger partial charge in [0.1, 0.15) is 17.5 Å². The third-order valence-electron chi connectivity index (χ3n) is 5.57. The lowest BCUT2D eigenvalue weighted by Crippen LogP contribution is -2.17. The molecule has 1 aromatic heterocycles. The molecule has 0 unspecified atom stereocenters. The first-order valence-corrected chi connectivity index (χ1v) is 11.8. The fourth-order valence-corrected chi connectivity index (χ4v) is 4.32. The van der Waals surface area contributed by atoms with Crippen molar-refractivity contribution in [3.05, 3.63) is 93.6 Å². The normalized spacial score (nSPS) is 11.7. The lowest BCUT2D eigenvalue weighted by Gasteiger charge is -2.15. The number of nitrogens with one attached hydrogen (secondary N) is 1. The maximum Gasteiger partial charge on any atom is 0.412 e. The molecule has 0 radical (unpaired) electrons. The lowest BCUT2D eigenvalue weighted by molar-refractivity contribution is -0.136. The molecule has 0 saturated heterocycles. The average molecular weight is 525 g/mol.